The highest BCUT2D eigenvalue weighted by atomic mass is 16.2. The van der Waals surface area contributed by atoms with Crippen molar-refractivity contribution in [3.05, 3.63) is 23.3 Å². The zero-order valence-corrected chi connectivity index (χ0v) is 16.1. The van der Waals surface area contributed by atoms with Crippen molar-refractivity contribution in [2.24, 2.45) is 5.92 Å². The van der Waals surface area contributed by atoms with Crippen molar-refractivity contribution in [1.82, 2.24) is 4.90 Å². The van der Waals surface area contributed by atoms with E-state index in [9.17, 15) is 9.59 Å². The van der Waals surface area contributed by atoms with E-state index in [0.717, 1.165) is 48.3 Å². The smallest absolute Gasteiger partial charge is 0.322 e. The molecule has 1 aliphatic rings. The van der Waals surface area contributed by atoms with E-state index >= 15 is 0 Å². The van der Waals surface area contributed by atoms with E-state index in [1.54, 1.807) is 0 Å². The molecule has 5 heteroatoms. The Kier molecular flexibility index (Phi) is 6.45. The van der Waals surface area contributed by atoms with Gasteiger partial charge in [0.2, 0.25) is 5.91 Å². The number of hydrogen-bond acceptors (Lipinski definition) is 2. The minimum atomic E-state index is -0.0900. The Balaban J connectivity index is 2.12. The van der Waals surface area contributed by atoms with Gasteiger partial charge in [0, 0.05) is 30.9 Å². The van der Waals surface area contributed by atoms with Crippen LogP contribution in [0, 0.1) is 19.8 Å². The van der Waals surface area contributed by atoms with Gasteiger partial charge >= 0.3 is 6.03 Å². The molecule has 0 radical (unpaired) electrons. The fourth-order valence-corrected chi connectivity index (χ4v) is 3.66. The second-order valence-corrected chi connectivity index (χ2v) is 7.57. The van der Waals surface area contributed by atoms with Gasteiger partial charge in [-0.25, -0.2) is 4.79 Å². The molecular weight excluding hydrogens is 314 g/mol. The van der Waals surface area contributed by atoms with E-state index in [1.165, 1.54) is 13.3 Å². The van der Waals surface area contributed by atoms with Gasteiger partial charge in [-0.3, -0.25) is 4.79 Å². The summed E-state index contributed by atoms with van der Waals surface area (Å²) in [7, 11) is 0. The van der Waals surface area contributed by atoms with E-state index < -0.39 is 0 Å². The van der Waals surface area contributed by atoms with Crippen LogP contribution in [-0.4, -0.2) is 29.4 Å². The molecule has 25 heavy (non-hydrogen) atoms. The maximum Gasteiger partial charge on any atom is 0.322 e. The van der Waals surface area contributed by atoms with Gasteiger partial charge in [-0.05, 0) is 68.7 Å². The molecule has 0 bridgehead atoms. The van der Waals surface area contributed by atoms with Gasteiger partial charge in [0.15, 0.2) is 0 Å². The van der Waals surface area contributed by atoms with Crippen LogP contribution in [0.15, 0.2) is 12.1 Å². The lowest BCUT2D eigenvalue weighted by molar-refractivity contribution is -0.114. The summed E-state index contributed by atoms with van der Waals surface area (Å²) in [6, 6.07) is 4.14. The number of nitrogens with one attached hydrogen (secondary N) is 2. The topological polar surface area (TPSA) is 61.4 Å². The summed E-state index contributed by atoms with van der Waals surface area (Å²) in [5.74, 6) is 0.493. The van der Waals surface area contributed by atoms with Crippen LogP contribution >= 0.6 is 0 Å². The summed E-state index contributed by atoms with van der Waals surface area (Å²) < 4.78 is 0. The third-order valence-corrected chi connectivity index (χ3v) is 4.72. The highest BCUT2D eigenvalue weighted by Gasteiger charge is 2.27. The highest BCUT2D eigenvalue weighted by Crippen LogP contribution is 2.27. The highest BCUT2D eigenvalue weighted by molar-refractivity contribution is 5.93. The van der Waals surface area contributed by atoms with Crippen LogP contribution in [0.1, 0.15) is 57.6 Å². The molecule has 1 atom stereocenters. The van der Waals surface area contributed by atoms with Gasteiger partial charge < -0.3 is 15.5 Å². The zero-order valence-electron chi connectivity index (χ0n) is 16.1. The summed E-state index contributed by atoms with van der Waals surface area (Å²) in [5, 5.41) is 5.90. The molecule has 1 fully saturated rings. The second kappa shape index (κ2) is 8.37. The molecular formula is C20H31N3O2. The standard InChI is InChI=1S/C20H31N3O2/c1-13(2)10-18-8-6-7-9-23(18)20(25)22-17-11-14(3)19(15(4)12-17)21-16(5)24/h11-13,18H,6-10H2,1-5H3,(H,21,24)(H,22,25)/t18-/m1/s1. The van der Waals surface area contributed by atoms with Crippen molar-refractivity contribution in [2.45, 2.75) is 66.3 Å². The summed E-state index contributed by atoms with van der Waals surface area (Å²) in [6.45, 7) is 10.6. The third kappa shape index (κ3) is 5.21. The van der Waals surface area contributed by atoms with Crippen LogP contribution in [0.5, 0.6) is 0 Å². The Morgan fingerprint density at radius 3 is 2.36 bits per heavy atom. The minimum absolute atomic E-state index is 0.0172. The van der Waals surface area contributed by atoms with Crippen molar-refractivity contribution < 1.29 is 9.59 Å². The number of carbonyl (C=O) groups is 2. The van der Waals surface area contributed by atoms with E-state index in [1.807, 2.05) is 30.9 Å². The van der Waals surface area contributed by atoms with Gasteiger partial charge in [-0.2, -0.15) is 0 Å². The van der Waals surface area contributed by atoms with Gasteiger partial charge in [-0.15, -0.1) is 0 Å². The van der Waals surface area contributed by atoms with E-state index in [2.05, 4.69) is 24.5 Å². The average molecular weight is 345 g/mol. The Bertz CT molecular complexity index is 617. The molecule has 0 saturated carbocycles. The van der Waals surface area contributed by atoms with E-state index in [4.69, 9.17) is 0 Å². The van der Waals surface area contributed by atoms with Crippen LogP contribution < -0.4 is 10.6 Å². The molecule has 0 spiro atoms. The first-order valence-electron chi connectivity index (χ1n) is 9.24. The van der Waals surface area contributed by atoms with Gasteiger partial charge in [-0.1, -0.05) is 13.8 Å². The average Bonchev–Trinajstić information content (AvgIpc) is 2.50. The van der Waals surface area contributed by atoms with Gasteiger partial charge in [0.05, 0.1) is 0 Å². The Hall–Kier alpha value is -2.04. The number of carbonyl (C=O) groups excluding carboxylic acids is 2. The molecule has 138 valence electrons. The number of urea groups is 1. The molecule has 1 aliphatic heterocycles. The number of amides is 3. The number of likely N-dealkylation sites (tertiary alicyclic amines) is 1. The van der Waals surface area contributed by atoms with E-state index in [0.29, 0.717) is 12.0 Å². The lowest BCUT2D eigenvalue weighted by atomic mass is 9.94. The SMILES string of the molecule is CC(=O)Nc1c(C)cc(NC(=O)N2CCCC[C@@H]2CC(C)C)cc1C. The fourth-order valence-electron chi connectivity index (χ4n) is 3.66. The normalized spacial score (nSPS) is 17.5. The van der Waals surface area contributed by atoms with Crippen molar-refractivity contribution in [3.8, 4) is 0 Å². The Morgan fingerprint density at radius 1 is 1.16 bits per heavy atom. The first kappa shape index (κ1) is 19.3. The maximum atomic E-state index is 12.8. The molecule has 0 aliphatic carbocycles. The number of rotatable bonds is 4. The Morgan fingerprint density at radius 2 is 1.80 bits per heavy atom. The second-order valence-electron chi connectivity index (χ2n) is 7.57. The van der Waals surface area contributed by atoms with Crippen LogP contribution in [0.3, 0.4) is 0 Å². The molecule has 1 aromatic rings. The number of anilines is 2. The molecule has 1 aromatic carbocycles. The summed E-state index contributed by atoms with van der Waals surface area (Å²) in [6.07, 6.45) is 4.41. The molecule has 3 amide bonds. The molecule has 1 heterocycles. The molecule has 0 aromatic heterocycles. The summed E-state index contributed by atoms with van der Waals surface area (Å²) in [4.78, 5) is 26.1. The quantitative estimate of drug-likeness (QED) is 0.831. The number of hydrogen-bond donors (Lipinski definition) is 2. The molecule has 0 unspecified atom stereocenters. The van der Waals surface area contributed by atoms with Crippen molar-refractivity contribution in [2.75, 3.05) is 17.2 Å². The summed E-state index contributed by atoms with van der Waals surface area (Å²) in [5.41, 5.74) is 3.50. The van der Waals surface area contributed by atoms with Crippen LogP contribution in [0.25, 0.3) is 0 Å². The predicted octanol–water partition coefficient (Wildman–Crippen LogP) is 4.69. The molecule has 1 saturated heterocycles. The van der Waals surface area contributed by atoms with Crippen LogP contribution in [0.4, 0.5) is 16.2 Å². The number of aryl methyl sites for hydroxylation is 2. The zero-order chi connectivity index (χ0) is 18.6. The lowest BCUT2D eigenvalue weighted by Gasteiger charge is -2.36. The minimum Gasteiger partial charge on any atom is -0.326 e. The van der Waals surface area contributed by atoms with E-state index in [-0.39, 0.29) is 11.9 Å². The summed E-state index contributed by atoms with van der Waals surface area (Å²) >= 11 is 0. The molecule has 2 rings (SSSR count). The maximum absolute atomic E-state index is 12.8. The number of piperidine rings is 1. The fraction of sp³-hybridized carbons (Fsp3) is 0.600. The van der Waals surface area contributed by atoms with Crippen LogP contribution in [-0.2, 0) is 4.79 Å². The van der Waals surface area contributed by atoms with Gasteiger partial charge in [0.25, 0.3) is 0 Å². The van der Waals surface area contributed by atoms with Crippen molar-refractivity contribution in [1.29, 1.82) is 0 Å². The predicted molar refractivity (Wildman–Crippen MR) is 103 cm³/mol. The first-order chi connectivity index (χ1) is 11.8. The number of nitrogens with zero attached hydrogens (tertiary/aromatic N) is 1. The van der Waals surface area contributed by atoms with Gasteiger partial charge in [0.1, 0.15) is 0 Å². The third-order valence-electron chi connectivity index (χ3n) is 4.72. The monoisotopic (exact) mass is 345 g/mol. The first-order valence-corrected chi connectivity index (χ1v) is 9.24. The number of benzene rings is 1. The van der Waals surface area contributed by atoms with Crippen LogP contribution in [0.2, 0.25) is 0 Å². The van der Waals surface area contributed by atoms with Crippen molar-refractivity contribution in [3.63, 3.8) is 0 Å². The molecule has 5 nitrogen and oxygen atoms in total. The van der Waals surface area contributed by atoms with Crippen molar-refractivity contribution >= 4 is 23.3 Å². The lowest BCUT2D eigenvalue weighted by Crippen LogP contribution is -2.46. The molecule has 2 N–H and O–H groups in total. The Labute approximate surface area is 151 Å². The largest absolute Gasteiger partial charge is 0.326 e.